The van der Waals surface area contributed by atoms with E-state index < -0.39 is 40.8 Å². The van der Waals surface area contributed by atoms with Crippen LogP contribution >= 0.6 is 11.3 Å². The Balaban J connectivity index is 2.44. The Bertz CT molecular complexity index is 568. The molecule has 2 rings (SSSR count). The van der Waals surface area contributed by atoms with E-state index in [4.69, 9.17) is 0 Å². The summed E-state index contributed by atoms with van der Waals surface area (Å²) in [7, 11) is 0. The lowest BCUT2D eigenvalue weighted by Gasteiger charge is -2.13. The van der Waals surface area contributed by atoms with Crippen LogP contribution in [0.4, 0.5) is 22.0 Å². The maximum absolute atomic E-state index is 13.4. The minimum atomic E-state index is -2.23. The molecule has 0 unspecified atom stereocenters. The Morgan fingerprint density at radius 2 is 1.47 bits per heavy atom. The molecule has 1 N–H and O–H groups in total. The smallest absolute Gasteiger partial charge is 0.200 e. The van der Waals surface area contributed by atoms with Crippen molar-refractivity contribution in [2.24, 2.45) is 0 Å². The summed E-state index contributed by atoms with van der Waals surface area (Å²) in [6.07, 6.45) is -2.03. The van der Waals surface area contributed by atoms with E-state index in [0.717, 1.165) is 0 Å². The Morgan fingerprint density at radius 3 is 1.95 bits per heavy atom. The largest absolute Gasteiger partial charge is 0.388 e. The van der Waals surface area contributed by atoms with Gasteiger partial charge in [0.15, 0.2) is 23.3 Å². The van der Waals surface area contributed by atoms with Crippen LogP contribution < -0.4 is 0 Å². The lowest BCUT2D eigenvalue weighted by atomic mass is 10.0. The van der Waals surface area contributed by atoms with Gasteiger partial charge in [-0.05, 0) is 11.4 Å². The Hall–Kier alpha value is -1.47. The van der Waals surface area contributed by atoms with Crippen LogP contribution in [0.1, 0.15) is 16.5 Å². The van der Waals surface area contributed by atoms with Gasteiger partial charge in [0, 0.05) is 11.3 Å². The molecule has 1 atom stereocenters. The zero-order valence-electron chi connectivity index (χ0n) is 9.26. The van der Waals surface area contributed by atoms with Gasteiger partial charge in [0.05, 0.1) is 11.7 Å². The van der Waals surface area contributed by atoms with Crippen LogP contribution in [0.25, 0.3) is 0 Å². The molecule has 0 bridgehead atoms. The molecule has 0 amide bonds. The fourth-order valence-electron chi connectivity index (χ4n) is 1.64. The van der Waals surface area contributed by atoms with E-state index in [0.29, 0.717) is 4.88 Å². The molecule has 0 aliphatic rings. The van der Waals surface area contributed by atoms with Gasteiger partial charge in [-0.15, -0.1) is 11.3 Å². The van der Waals surface area contributed by atoms with E-state index >= 15 is 0 Å². The third-order valence-electron chi connectivity index (χ3n) is 2.55. The van der Waals surface area contributed by atoms with Crippen LogP contribution in [0.5, 0.6) is 0 Å². The Kier molecular flexibility index (Phi) is 3.86. The van der Waals surface area contributed by atoms with Gasteiger partial charge in [-0.1, -0.05) is 6.07 Å². The van der Waals surface area contributed by atoms with Crippen molar-refractivity contribution in [1.82, 2.24) is 0 Å². The fraction of sp³-hybridized carbons (Fsp3) is 0.167. The Labute approximate surface area is 108 Å². The molecule has 1 aromatic heterocycles. The van der Waals surface area contributed by atoms with Crippen molar-refractivity contribution in [2.75, 3.05) is 0 Å². The second-order valence-electron chi connectivity index (χ2n) is 3.78. The normalized spacial score (nSPS) is 12.7. The molecule has 1 aromatic carbocycles. The van der Waals surface area contributed by atoms with Crippen LogP contribution in [0.3, 0.4) is 0 Å². The molecule has 19 heavy (non-hydrogen) atoms. The van der Waals surface area contributed by atoms with Crippen molar-refractivity contribution in [3.05, 3.63) is 57.0 Å². The maximum Gasteiger partial charge on any atom is 0.200 e. The first-order valence-electron chi connectivity index (χ1n) is 5.15. The highest BCUT2D eigenvalue weighted by Crippen LogP contribution is 2.30. The molecule has 1 heterocycles. The summed E-state index contributed by atoms with van der Waals surface area (Å²) in [4.78, 5) is 0.566. The highest BCUT2D eigenvalue weighted by Gasteiger charge is 2.29. The minimum Gasteiger partial charge on any atom is -0.388 e. The van der Waals surface area contributed by atoms with E-state index in [9.17, 15) is 27.1 Å². The van der Waals surface area contributed by atoms with Crippen LogP contribution in [-0.2, 0) is 6.42 Å². The van der Waals surface area contributed by atoms with Gasteiger partial charge in [0.2, 0.25) is 5.82 Å². The summed E-state index contributed by atoms with van der Waals surface area (Å²) >= 11 is 1.20. The van der Waals surface area contributed by atoms with Gasteiger partial charge in [-0.2, -0.15) is 0 Å². The fourth-order valence-corrected chi connectivity index (χ4v) is 2.38. The first-order valence-corrected chi connectivity index (χ1v) is 6.03. The first-order chi connectivity index (χ1) is 8.93. The lowest BCUT2D eigenvalue weighted by Crippen LogP contribution is -2.12. The quantitative estimate of drug-likeness (QED) is 0.519. The summed E-state index contributed by atoms with van der Waals surface area (Å²) in [5.74, 6) is -10.3. The number of thiophene rings is 1. The molecule has 102 valence electrons. The zero-order valence-corrected chi connectivity index (χ0v) is 10.1. The van der Waals surface area contributed by atoms with E-state index in [2.05, 4.69) is 0 Å². The third-order valence-corrected chi connectivity index (χ3v) is 3.45. The van der Waals surface area contributed by atoms with Crippen molar-refractivity contribution >= 4 is 11.3 Å². The molecule has 0 fully saturated rings. The van der Waals surface area contributed by atoms with Crippen LogP contribution in [0.15, 0.2) is 17.5 Å². The monoisotopic (exact) mass is 294 g/mol. The molecular formula is C12H7F5OS. The standard InChI is InChI=1S/C12H7F5OS/c13-8-7(6(18)4-5-2-1-3-19-5)9(14)11(16)12(17)10(8)15/h1-3,6,18H,4H2/t6-/m0/s1. The molecule has 0 saturated heterocycles. The van der Waals surface area contributed by atoms with Crippen LogP contribution in [0.2, 0.25) is 0 Å². The molecule has 1 nitrogen and oxygen atoms in total. The van der Waals surface area contributed by atoms with Gasteiger partial charge in [-0.3, -0.25) is 0 Å². The van der Waals surface area contributed by atoms with Gasteiger partial charge < -0.3 is 5.11 Å². The second kappa shape index (κ2) is 5.26. The molecular weight excluding hydrogens is 287 g/mol. The number of halogens is 5. The average molecular weight is 294 g/mol. The summed E-state index contributed by atoms with van der Waals surface area (Å²) in [5, 5.41) is 11.3. The molecule has 0 radical (unpaired) electrons. The highest BCUT2D eigenvalue weighted by atomic mass is 32.1. The van der Waals surface area contributed by atoms with Gasteiger partial charge in [0.25, 0.3) is 0 Å². The molecule has 0 saturated carbocycles. The number of hydrogen-bond donors (Lipinski definition) is 1. The van der Waals surface area contributed by atoms with Gasteiger partial charge >= 0.3 is 0 Å². The number of benzene rings is 1. The van der Waals surface area contributed by atoms with Gasteiger partial charge in [-0.25, -0.2) is 22.0 Å². The maximum atomic E-state index is 13.4. The third kappa shape index (κ3) is 2.48. The number of rotatable bonds is 3. The summed E-state index contributed by atoms with van der Waals surface area (Å²) < 4.78 is 65.6. The van der Waals surface area contributed by atoms with Crippen molar-refractivity contribution in [3.8, 4) is 0 Å². The SMILES string of the molecule is O[C@@H](Cc1cccs1)c1c(F)c(F)c(F)c(F)c1F. The zero-order chi connectivity index (χ0) is 14.2. The molecule has 0 spiro atoms. The first kappa shape index (κ1) is 14.0. The van der Waals surface area contributed by atoms with Crippen molar-refractivity contribution in [1.29, 1.82) is 0 Å². The van der Waals surface area contributed by atoms with Crippen LogP contribution in [-0.4, -0.2) is 5.11 Å². The lowest BCUT2D eigenvalue weighted by molar-refractivity contribution is 0.164. The van der Waals surface area contributed by atoms with Crippen molar-refractivity contribution in [3.63, 3.8) is 0 Å². The predicted molar refractivity (Wildman–Crippen MR) is 59.2 cm³/mol. The highest BCUT2D eigenvalue weighted by molar-refractivity contribution is 7.09. The summed E-state index contributed by atoms with van der Waals surface area (Å²) in [5.41, 5.74) is -1.20. The predicted octanol–water partition coefficient (Wildman–Crippen LogP) is 3.72. The average Bonchev–Trinajstić information content (AvgIpc) is 2.87. The van der Waals surface area contributed by atoms with Crippen molar-refractivity contribution in [2.45, 2.75) is 12.5 Å². The van der Waals surface area contributed by atoms with E-state index in [-0.39, 0.29) is 6.42 Å². The second-order valence-corrected chi connectivity index (χ2v) is 4.82. The van der Waals surface area contributed by atoms with E-state index in [1.807, 2.05) is 0 Å². The topological polar surface area (TPSA) is 20.2 Å². The van der Waals surface area contributed by atoms with E-state index in [1.54, 1.807) is 17.5 Å². The van der Waals surface area contributed by atoms with Crippen LogP contribution in [0, 0.1) is 29.1 Å². The van der Waals surface area contributed by atoms with Gasteiger partial charge in [0.1, 0.15) is 0 Å². The summed E-state index contributed by atoms with van der Waals surface area (Å²) in [6, 6.07) is 3.23. The van der Waals surface area contributed by atoms with Crippen molar-refractivity contribution < 1.29 is 27.1 Å². The van der Waals surface area contributed by atoms with E-state index in [1.165, 1.54) is 11.3 Å². The molecule has 0 aliphatic heterocycles. The number of hydrogen-bond acceptors (Lipinski definition) is 2. The summed E-state index contributed by atoms with van der Waals surface area (Å²) in [6.45, 7) is 0. The minimum absolute atomic E-state index is 0.226. The Morgan fingerprint density at radius 1 is 0.947 bits per heavy atom. The molecule has 2 aromatic rings. The number of aliphatic hydroxyl groups excluding tert-OH is 1. The number of aliphatic hydroxyl groups is 1. The molecule has 0 aliphatic carbocycles. The molecule has 7 heteroatoms.